The second-order valence-electron chi connectivity index (χ2n) is 3.53. The first-order valence-electron chi connectivity index (χ1n) is 4.70. The molecule has 2 heterocycles. The van der Waals surface area contributed by atoms with Gasteiger partial charge in [0.15, 0.2) is 11.0 Å². The highest BCUT2D eigenvalue weighted by molar-refractivity contribution is 6.99. The van der Waals surface area contributed by atoms with Crippen molar-refractivity contribution >= 4 is 29.1 Å². The lowest BCUT2D eigenvalue weighted by Crippen LogP contribution is -2.48. The van der Waals surface area contributed by atoms with Crippen molar-refractivity contribution < 1.29 is 9.84 Å². The molecule has 84 valence electrons. The second-order valence-corrected chi connectivity index (χ2v) is 4.42. The van der Waals surface area contributed by atoms with Crippen LogP contribution in [0.4, 0.5) is 5.82 Å². The molecule has 0 radical (unpaired) electrons. The van der Waals surface area contributed by atoms with E-state index in [9.17, 15) is 0 Å². The quantitative estimate of drug-likeness (QED) is 0.839. The van der Waals surface area contributed by atoms with Gasteiger partial charge in [0.1, 0.15) is 0 Å². The van der Waals surface area contributed by atoms with Crippen LogP contribution in [0.15, 0.2) is 0 Å². The van der Waals surface area contributed by atoms with E-state index in [1.807, 2.05) is 11.8 Å². The Morgan fingerprint density at radius 2 is 2.40 bits per heavy atom. The fourth-order valence-corrected chi connectivity index (χ4v) is 2.46. The Morgan fingerprint density at radius 3 is 3.00 bits per heavy atom. The zero-order chi connectivity index (χ0) is 10.8. The molecular weight excluding hydrogens is 238 g/mol. The first kappa shape index (κ1) is 11.1. The predicted molar refractivity (Wildman–Crippen MR) is 58.6 cm³/mol. The first-order valence-corrected chi connectivity index (χ1v) is 5.81. The van der Waals surface area contributed by atoms with Crippen LogP contribution < -0.4 is 4.90 Å². The summed E-state index contributed by atoms with van der Waals surface area (Å²) in [5.74, 6) is 0.690. The lowest BCUT2D eigenvalue weighted by Gasteiger charge is -2.36. The molecule has 0 aromatic carbocycles. The topological polar surface area (TPSA) is 58.5 Å². The Hall–Kier alpha value is -0.430. The van der Waals surface area contributed by atoms with E-state index in [1.54, 1.807) is 0 Å². The highest BCUT2D eigenvalue weighted by Gasteiger charge is 2.27. The van der Waals surface area contributed by atoms with Crippen LogP contribution in [0, 0.1) is 0 Å². The van der Waals surface area contributed by atoms with Crippen LogP contribution in [0.5, 0.6) is 0 Å². The molecule has 2 unspecified atom stereocenters. The van der Waals surface area contributed by atoms with Gasteiger partial charge in [0.25, 0.3) is 0 Å². The Bertz CT molecular complexity index is 335. The van der Waals surface area contributed by atoms with Crippen LogP contribution in [0.1, 0.15) is 6.92 Å². The molecule has 2 atom stereocenters. The summed E-state index contributed by atoms with van der Waals surface area (Å²) in [7, 11) is 0. The zero-order valence-electron chi connectivity index (χ0n) is 8.26. The summed E-state index contributed by atoms with van der Waals surface area (Å²) in [4.78, 5) is 2.00. The molecule has 1 aromatic heterocycles. The summed E-state index contributed by atoms with van der Waals surface area (Å²) in [6.45, 7) is 3.30. The SMILES string of the molecule is CC1CN(c2nsnc2Cl)CC(CO)O1. The molecule has 1 aliphatic heterocycles. The molecule has 1 aliphatic rings. The number of anilines is 1. The van der Waals surface area contributed by atoms with Crippen molar-refractivity contribution in [1.82, 2.24) is 8.75 Å². The lowest BCUT2D eigenvalue weighted by atomic mass is 10.2. The third-order valence-corrected chi connectivity index (χ3v) is 3.13. The molecule has 2 rings (SSSR count). The van der Waals surface area contributed by atoms with E-state index in [1.165, 1.54) is 0 Å². The highest BCUT2D eigenvalue weighted by Crippen LogP contribution is 2.25. The third-order valence-electron chi connectivity index (χ3n) is 2.26. The molecular formula is C8H12ClN3O2S. The summed E-state index contributed by atoms with van der Waals surface area (Å²) in [6, 6.07) is 0. The van der Waals surface area contributed by atoms with E-state index in [0.29, 0.717) is 17.5 Å². The Labute approximate surface area is 96.9 Å². The Balaban J connectivity index is 2.12. The number of hydrogen-bond donors (Lipinski definition) is 1. The molecule has 1 aromatic rings. The van der Waals surface area contributed by atoms with E-state index in [2.05, 4.69) is 8.75 Å². The average molecular weight is 250 g/mol. The molecule has 15 heavy (non-hydrogen) atoms. The highest BCUT2D eigenvalue weighted by atomic mass is 35.5. The fraction of sp³-hybridized carbons (Fsp3) is 0.750. The van der Waals surface area contributed by atoms with Gasteiger partial charge < -0.3 is 14.7 Å². The largest absolute Gasteiger partial charge is 0.394 e. The van der Waals surface area contributed by atoms with E-state index in [0.717, 1.165) is 18.3 Å². The van der Waals surface area contributed by atoms with Crippen molar-refractivity contribution in [3.8, 4) is 0 Å². The molecule has 1 saturated heterocycles. The Kier molecular flexibility index (Phi) is 3.40. The predicted octanol–water partition coefficient (Wildman–Crippen LogP) is 0.777. The minimum absolute atomic E-state index is 0.00995. The molecule has 1 fully saturated rings. The number of nitrogens with zero attached hydrogens (tertiary/aromatic N) is 3. The van der Waals surface area contributed by atoms with Crippen LogP contribution in [0.25, 0.3) is 0 Å². The molecule has 0 amide bonds. The van der Waals surface area contributed by atoms with Crippen molar-refractivity contribution in [2.24, 2.45) is 0 Å². The van der Waals surface area contributed by atoms with Gasteiger partial charge in [0.2, 0.25) is 0 Å². The van der Waals surface area contributed by atoms with Gasteiger partial charge in [0, 0.05) is 13.1 Å². The minimum Gasteiger partial charge on any atom is -0.394 e. The summed E-state index contributed by atoms with van der Waals surface area (Å²) >= 11 is 7.00. The third kappa shape index (κ3) is 2.39. The minimum atomic E-state index is -0.175. The van der Waals surface area contributed by atoms with Gasteiger partial charge >= 0.3 is 0 Å². The van der Waals surface area contributed by atoms with Crippen LogP contribution in [0.3, 0.4) is 0 Å². The van der Waals surface area contributed by atoms with Crippen molar-refractivity contribution in [2.45, 2.75) is 19.1 Å². The maximum atomic E-state index is 9.08. The van der Waals surface area contributed by atoms with E-state index < -0.39 is 0 Å². The number of aliphatic hydroxyl groups excluding tert-OH is 1. The summed E-state index contributed by atoms with van der Waals surface area (Å²) in [5.41, 5.74) is 0. The van der Waals surface area contributed by atoms with E-state index in [4.69, 9.17) is 21.4 Å². The first-order chi connectivity index (χ1) is 7.20. The number of rotatable bonds is 2. The van der Waals surface area contributed by atoms with Crippen molar-refractivity contribution in [2.75, 3.05) is 24.6 Å². The van der Waals surface area contributed by atoms with Crippen molar-refractivity contribution in [3.05, 3.63) is 5.15 Å². The Morgan fingerprint density at radius 1 is 1.60 bits per heavy atom. The van der Waals surface area contributed by atoms with Gasteiger partial charge in [-0.05, 0) is 6.92 Å². The summed E-state index contributed by atoms with van der Waals surface area (Å²) in [6.07, 6.45) is -0.111. The smallest absolute Gasteiger partial charge is 0.187 e. The molecule has 0 aliphatic carbocycles. The van der Waals surface area contributed by atoms with E-state index >= 15 is 0 Å². The van der Waals surface area contributed by atoms with Crippen LogP contribution in [-0.4, -0.2) is 45.8 Å². The molecule has 0 saturated carbocycles. The van der Waals surface area contributed by atoms with Gasteiger partial charge in [-0.3, -0.25) is 0 Å². The summed E-state index contributed by atoms with van der Waals surface area (Å²) < 4.78 is 13.6. The number of aromatic nitrogens is 2. The summed E-state index contributed by atoms with van der Waals surface area (Å²) in [5, 5.41) is 9.50. The van der Waals surface area contributed by atoms with Crippen LogP contribution >= 0.6 is 23.3 Å². The number of hydrogen-bond acceptors (Lipinski definition) is 6. The number of aliphatic hydroxyl groups is 1. The fourth-order valence-electron chi connectivity index (χ4n) is 1.68. The standard InChI is InChI=1S/C8H12ClN3O2S/c1-5-2-12(3-6(4-13)14-5)8-7(9)10-15-11-8/h5-6,13H,2-4H2,1H3. The van der Waals surface area contributed by atoms with Gasteiger partial charge in [-0.2, -0.15) is 8.75 Å². The van der Waals surface area contributed by atoms with Gasteiger partial charge in [-0.1, -0.05) is 11.6 Å². The average Bonchev–Trinajstić information content (AvgIpc) is 2.63. The van der Waals surface area contributed by atoms with E-state index in [-0.39, 0.29) is 18.8 Å². The van der Waals surface area contributed by atoms with Crippen LogP contribution in [0.2, 0.25) is 5.15 Å². The molecule has 0 bridgehead atoms. The maximum absolute atomic E-state index is 9.08. The zero-order valence-corrected chi connectivity index (χ0v) is 9.83. The monoisotopic (exact) mass is 249 g/mol. The number of ether oxygens (including phenoxy) is 1. The number of halogens is 1. The van der Waals surface area contributed by atoms with Gasteiger partial charge in [0.05, 0.1) is 30.5 Å². The van der Waals surface area contributed by atoms with Gasteiger partial charge in [-0.15, -0.1) is 0 Å². The molecule has 5 nitrogen and oxygen atoms in total. The normalized spacial score (nSPS) is 27.0. The molecule has 7 heteroatoms. The van der Waals surface area contributed by atoms with Crippen molar-refractivity contribution in [1.29, 1.82) is 0 Å². The lowest BCUT2D eigenvalue weighted by molar-refractivity contribution is -0.0422. The second kappa shape index (κ2) is 4.61. The van der Waals surface area contributed by atoms with Crippen LogP contribution in [-0.2, 0) is 4.74 Å². The van der Waals surface area contributed by atoms with Gasteiger partial charge in [-0.25, -0.2) is 0 Å². The number of morpholine rings is 1. The molecule has 0 spiro atoms. The van der Waals surface area contributed by atoms with Crippen molar-refractivity contribution in [3.63, 3.8) is 0 Å². The molecule has 1 N–H and O–H groups in total. The maximum Gasteiger partial charge on any atom is 0.187 e.